The van der Waals surface area contributed by atoms with Crippen molar-refractivity contribution in [3.8, 4) is 34.5 Å². The van der Waals surface area contributed by atoms with Gasteiger partial charge in [0.15, 0.2) is 17.7 Å². The zero-order valence-electron chi connectivity index (χ0n) is 18.5. The lowest BCUT2D eigenvalue weighted by Crippen LogP contribution is -2.47. The smallest absolute Gasteiger partial charge is 0.231 e. The van der Waals surface area contributed by atoms with Crippen LogP contribution in [0, 0.1) is 5.92 Å². The summed E-state index contributed by atoms with van der Waals surface area (Å²) in [6.45, 7) is 4.55. The first-order valence-electron chi connectivity index (χ1n) is 10.8. The van der Waals surface area contributed by atoms with Crippen molar-refractivity contribution >= 4 is 0 Å². The van der Waals surface area contributed by atoms with Gasteiger partial charge in [-0.15, -0.1) is 0 Å². The molecule has 1 saturated heterocycles. The number of fused-ring (bicyclic) bond motifs is 2. The van der Waals surface area contributed by atoms with Gasteiger partial charge in [0.1, 0.15) is 23.0 Å². The van der Waals surface area contributed by atoms with Crippen molar-refractivity contribution in [1.82, 2.24) is 4.90 Å². The minimum absolute atomic E-state index is 0.0142. The van der Waals surface area contributed by atoms with Crippen molar-refractivity contribution in [1.29, 1.82) is 0 Å². The molecule has 0 N–H and O–H groups in total. The van der Waals surface area contributed by atoms with Crippen LogP contribution < -0.4 is 28.4 Å². The molecular formula is C24H29NO6. The molecule has 31 heavy (non-hydrogen) atoms. The van der Waals surface area contributed by atoms with E-state index >= 15 is 0 Å². The van der Waals surface area contributed by atoms with Gasteiger partial charge < -0.3 is 28.4 Å². The monoisotopic (exact) mass is 427 g/mol. The van der Waals surface area contributed by atoms with Gasteiger partial charge in [-0.2, -0.15) is 0 Å². The lowest BCUT2D eigenvalue weighted by molar-refractivity contribution is -0.0182. The molecule has 0 amide bonds. The van der Waals surface area contributed by atoms with E-state index in [0.29, 0.717) is 5.75 Å². The fourth-order valence-electron chi connectivity index (χ4n) is 5.13. The van der Waals surface area contributed by atoms with Gasteiger partial charge in [-0.05, 0) is 18.9 Å². The SMILES string of the molecule is COc1cc(OC)c([C@@H]2c3cc4c(cc3O[C@H](N3CCCC3)[C@@H]2C)OCO4)c(OC)c1. The first-order valence-corrected chi connectivity index (χ1v) is 10.8. The van der Waals surface area contributed by atoms with E-state index in [1.807, 2.05) is 24.3 Å². The topological polar surface area (TPSA) is 58.6 Å². The second-order valence-corrected chi connectivity index (χ2v) is 8.28. The van der Waals surface area contributed by atoms with E-state index in [2.05, 4.69) is 11.8 Å². The number of methoxy groups -OCH3 is 3. The molecule has 2 aromatic rings. The third-order valence-electron chi connectivity index (χ3n) is 6.63. The third kappa shape index (κ3) is 3.31. The highest BCUT2D eigenvalue weighted by atomic mass is 16.7. The average molecular weight is 427 g/mol. The second-order valence-electron chi connectivity index (χ2n) is 8.28. The second kappa shape index (κ2) is 8.04. The first-order chi connectivity index (χ1) is 15.1. The first kappa shape index (κ1) is 20.1. The van der Waals surface area contributed by atoms with Gasteiger partial charge in [0.2, 0.25) is 6.79 Å². The van der Waals surface area contributed by atoms with Gasteiger partial charge >= 0.3 is 0 Å². The van der Waals surface area contributed by atoms with Crippen molar-refractivity contribution in [3.05, 3.63) is 35.4 Å². The van der Waals surface area contributed by atoms with E-state index in [1.54, 1.807) is 21.3 Å². The maximum Gasteiger partial charge on any atom is 0.231 e. The Morgan fingerprint density at radius 2 is 1.48 bits per heavy atom. The lowest BCUT2D eigenvalue weighted by atomic mass is 9.77. The van der Waals surface area contributed by atoms with Gasteiger partial charge in [-0.25, -0.2) is 0 Å². The van der Waals surface area contributed by atoms with Crippen LogP contribution in [0.15, 0.2) is 24.3 Å². The minimum Gasteiger partial charge on any atom is -0.496 e. The third-order valence-corrected chi connectivity index (χ3v) is 6.63. The van der Waals surface area contributed by atoms with Gasteiger partial charge in [0, 0.05) is 54.3 Å². The molecule has 0 aromatic heterocycles. The van der Waals surface area contributed by atoms with Crippen LogP contribution in [0.1, 0.15) is 36.8 Å². The van der Waals surface area contributed by atoms with Crippen LogP contribution in [0.25, 0.3) is 0 Å². The molecule has 3 heterocycles. The fraction of sp³-hybridized carbons (Fsp3) is 0.500. The molecule has 5 rings (SSSR count). The number of hydrogen-bond acceptors (Lipinski definition) is 7. The van der Waals surface area contributed by atoms with E-state index in [9.17, 15) is 0 Å². The van der Waals surface area contributed by atoms with E-state index in [4.69, 9.17) is 28.4 Å². The Bertz CT molecular complexity index is 946. The summed E-state index contributed by atoms with van der Waals surface area (Å²) in [4.78, 5) is 2.44. The summed E-state index contributed by atoms with van der Waals surface area (Å²) < 4.78 is 35.0. The summed E-state index contributed by atoms with van der Waals surface area (Å²) in [5.41, 5.74) is 2.04. The van der Waals surface area contributed by atoms with E-state index < -0.39 is 0 Å². The Morgan fingerprint density at radius 1 is 0.839 bits per heavy atom. The van der Waals surface area contributed by atoms with Crippen molar-refractivity contribution in [2.24, 2.45) is 5.92 Å². The Balaban J connectivity index is 1.70. The van der Waals surface area contributed by atoms with E-state index in [-0.39, 0.29) is 24.9 Å². The molecular weight excluding hydrogens is 398 g/mol. The average Bonchev–Trinajstić information content (AvgIpc) is 3.48. The van der Waals surface area contributed by atoms with Crippen LogP contribution >= 0.6 is 0 Å². The van der Waals surface area contributed by atoms with Gasteiger partial charge in [0.05, 0.1) is 21.3 Å². The summed E-state index contributed by atoms with van der Waals surface area (Å²) in [6.07, 6.45) is 2.35. The molecule has 0 bridgehead atoms. The molecule has 3 atom stereocenters. The molecule has 3 aliphatic rings. The molecule has 0 aliphatic carbocycles. The number of nitrogens with zero attached hydrogens (tertiary/aromatic N) is 1. The van der Waals surface area contributed by atoms with E-state index in [0.717, 1.165) is 53.0 Å². The number of ether oxygens (including phenoxy) is 6. The summed E-state index contributed by atoms with van der Waals surface area (Å²) in [6, 6.07) is 7.83. The largest absolute Gasteiger partial charge is 0.496 e. The molecule has 7 nitrogen and oxygen atoms in total. The molecule has 0 unspecified atom stereocenters. The van der Waals surface area contributed by atoms with E-state index in [1.165, 1.54) is 12.8 Å². The number of hydrogen-bond donors (Lipinski definition) is 0. The Morgan fingerprint density at radius 3 is 2.10 bits per heavy atom. The fourth-order valence-corrected chi connectivity index (χ4v) is 5.13. The Labute approximate surface area is 182 Å². The van der Waals surface area contributed by atoms with Crippen LogP contribution in [0.5, 0.6) is 34.5 Å². The molecule has 7 heteroatoms. The highest BCUT2D eigenvalue weighted by Gasteiger charge is 2.43. The summed E-state index contributed by atoms with van der Waals surface area (Å²) >= 11 is 0. The summed E-state index contributed by atoms with van der Waals surface area (Å²) in [5.74, 6) is 4.59. The van der Waals surface area contributed by atoms with Crippen molar-refractivity contribution in [3.63, 3.8) is 0 Å². The lowest BCUT2D eigenvalue weighted by Gasteiger charge is -2.42. The van der Waals surface area contributed by atoms with Gasteiger partial charge in [-0.3, -0.25) is 4.90 Å². The highest BCUT2D eigenvalue weighted by Crippen LogP contribution is 2.54. The Hall–Kier alpha value is -2.80. The zero-order chi connectivity index (χ0) is 21.5. The molecule has 0 radical (unpaired) electrons. The molecule has 1 fully saturated rings. The maximum absolute atomic E-state index is 6.58. The number of likely N-dealkylation sites (tertiary alicyclic amines) is 1. The molecule has 3 aliphatic heterocycles. The maximum atomic E-state index is 6.58. The summed E-state index contributed by atoms with van der Waals surface area (Å²) in [7, 11) is 5.00. The number of benzene rings is 2. The molecule has 0 saturated carbocycles. The Kier molecular flexibility index (Phi) is 5.22. The minimum atomic E-state index is -0.0446. The van der Waals surface area contributed by atoms with Crippen molar-refractivity contribution in [2.45, 2.75) is 31.9 Å². The normalized spacial score (nSPS) is 24.5. The van der Waals surface area contributed by atoms with Gasteiger partial charge in [0.25, 0.3) is 0 Å². The quantitative estimate of drug-likeness (QED) is 0.714. The predicted octanol–water partition coefficient (Wildman–Crippen LogP) is 4.02. The van der Waals surface area contributed by atoms with Crippen molar-refractivity contribution in [2.75, 3.05) is 41.2 Å². The predicted molar refractivity (Wildman–Crippen MR) is 115 cm³/mol. The molecule has 166 valence electrons. The molecule has 2 aromatic carbocycles. The zero-order valence-corrected chi connectivity index (χ0v) is 18.5. The van der Waals surface area contributed by atoms with Gasteiger partial charge in [-0.1, -0.05) is 6.92 Å². The molecule has 0 spiro atoms. The van der Waals surface area contributed by atoms with Crippen LogP contribution in [-0.2, 0) is 0 Å². The van der Waals surface area contributed by atoms with Crippen molar-refractivity contribution < 1.29 is 28.4 Å². The van der Waals surface area contributed by atoms with Crippen LogP contribution in [0.3, 0.4) is 0 Å². The highest BCUT2D eigenvalue weighted by molar-refractivity contribution is 5.61. The summed E-state index contributed by atoms with van der Waals surface area (Å²) in [5, 5.41) is 0. The standard InChI is InChI=1S/C24H29NO6/c1-14-22(23-20(27-3)9-15(26-2)10-21(23)28-4)16-11-18-19(30-13-29-18)12-17(16)31-24(14)25-7-5-6-8-25/h9-12,14,22,24H,5-8,13H2,1-4H3/t14-,22+,24+/m1/s1. The van der Waals surface area contributed by atoms with Crippen LogP contribution in [0.4, 0.5) is 0 Å². The van der Waals surface area contributed by atoms with Crippen LogP contribution in [0.2, 0.25) is 0 Å². The number of rotatable bonds is 5. The van der Waals surface area contributed by atoms with Crippen LogP contribution in [-0.4, -0.2) is 52.3 Å².